The monoisotopic (exact) mass is 398 g/mol. The smallest absolute Gasteiger partial charge is 0.269 e. The standard InChI is InChI=1S/C21H26N4O4/c1-29-19-4-2-3-16(11-19)13-23-17-12-20(24-14-17)21(26)22-10-9-15-5-7-18(8-6-15)25(27)28/h2-8,11,17,20,23-24H,9-10,12-14H2,1H3,(H,22,26). The second-order valence-corrected chi connectivity index (χ2v) is 7.09. The number of nitrogens with zero attached hydrogens (tertiary/aromatic N) is 1. The number of benzene rings is 2. The lowest BCUT2D eigenvalue weighted by Gasteiger charge is -2.13. The van der Waals surface area contributed by atoms with Crippen LogP contribution in [0, 0.1) is 10.1 Å². The summed E-state index contributed by atoms with van der Waals surface area (Å²) < 4.78 is 5.24. The van der Waals surface area contributed by atoms with Crippen LogP contribution in [-0.4, -0.2) is 43.1 Å². The van der Waals surface area contributed by atoms with Crippen LogP contribution in [0.15, 0.2) is 48.5 Å². The first-order valence-electron chi connectivity index (χ1n) is 9.66. The molecule has 1 amide bonds. The van der Waals surface area contributed by atoms with Crippen LogP contribution in [0.2, 0.25) is 0 Å². The normalized spacial score (nSPS) is 18.4. The molecule has 3 rings (SSSR count). The molecule has 0 radical (unpaired) electrons. The van der Waals surface area contributed by atoms with Gasteiger partial charge < -0.3 is 20.7 Å². The van der Waals surface area contributed by atoms with E-state index in [2.05, 4.69) is 16.0 Å². The Labute approximate surface area is 169 Å². The number of nitro benzene ring substituents is 1. The Morgan fingerprint density at radius 1 is 1.24 bits per heavy atom. The maximum atomic E-state index is 12.4. The minimum Gasteiger partial charge on any atom is -0.497 e. The Morgan fingerprint density at radius 3 is 2.76 bits per heavy atom. The SMILES string of the molecule is COc1cccc(CNC2CNC(C(=O)NCCc3ccc([N+](=O)[O-])cc3)C2)c1. The number of nitro groups is 1. The quantitative estimate of drug-likeness (QED) is 0.439. The van der Waals surface area contributed by atoms with Crippen LogP contribution in [0.5, 0.6) is 5.75 Å². The molecule has 2 atom stereocenters. The fraction of sp³-hybridized carbons (Fsp3) is 0.381. The predicted octanol–water partition coefficient (Wildman–Crippen LogP) is 1.78. The first-order chi connectivity index (χ1) is 14.0. The molecular formula is C21H26N4O4. The van der Waals surface area contributed by atoms with E-state index in [0.717, 1.165) is 36.4 Å². The second kappa shape index (κ2) is 9.99. The van der Waals surface area contributed by atoms with E-state index < -0.39 is 4.92 Å². The van der Waals surface area contributed by atoms with Gasteiger partial charge in [-0.25, -0.2) is 0 Å². The summed E-state index contributed by atoms with van der Waals surface area (Å²) in [5, 5.41) is 20.4. The van der Waals surface area contributed by atoms with Gasteiger partial charge in [0.15, 0.2) is 0 Å². The molecule has 0 spiro atoms. The molecule has 29 heavy (non-hydrogen) atoms. The molecule has 1 heterocycles. The first kappa shape index (κ1) is 20.8. The predicted molar refractivity (Wildman–Crippen MR) is 110 cm³/mol. The molecule has 1 saturated heterocycles. The largest absolute Gasteiger partial charge is 0.497 e. The highest BCUT2D eigenvalue weighted by atomic mass is 16.6. The number of nitrogens with one attached hydrogen (secondary N) is 3. The van der Waals surface area contributed by atoms with Gasteiger partial charge in [-0.2, -0.15) is 0 Å². The van der Waals surface area contributed by atoms with Gasteiger partial charge in [-0.3, -0.25) is 14.9 Å². The minimum atomic E-state index is -0.421. The van der Waals surface area contributed by atoms with E-state index in [-0.39, 0.29) is 23.7 Å². The number of hydrogen-bond acceptors (Lipinski definition) is 6. The molecule has 154 valence electrons. The zero-order chi connectivity index (χ0) is 20.6. The van der Waals surface area contributed by atoms with Crippen molar-refractivity contribution in [3.8, 4) is 5.75 Å². The third-order valence-electron chi connectivity index (χ3n) is 5.04. The lowest BCUT2D eigenvalue weighted by Crippen LogP contribution is -2.41. The van der Waals surface area contributed by atoms with E-state index >= 15 is 0 Å². The van der Waals surface area contributed by atoms with E-state index in [9.17, 15) is 14.9 Å². The van der Waals surface area contributed by atoms with Crippen LogP contribution in [0.25, 0.3) is 0 Å². The Balaban J connectivity index is 1.38. The van der Waals surface area contributed by atoms with E-state index in [1.54, 1.807) is 19.2 Å². The maximum absolute atomic E-state index is 12.4. The summed E-state index contributed by atoms with van der Waals surface area (Å²) in [4.78, 5) is 22.6. The molecule has 2 aromatic carbocycles. The van der Waals surface area contributed by atoms with Crippen LogP contribution in [0.3, 0.4) is 0 Å². The second-order valence-electron chi connectivity index (χ2n) is 7.09. The molecular weight excluding hydrogens is 372 g/mol. The number of ether oxygens (including phenoxy) is 1. The molecule has 1 aliphatic rings. The lowest BCUT2D eigenvalue weighted by molar-refractivity contribution is -0.384. The van der Waals surface area contributed by atoms with Crippen LogP contribution >= 0.6 is 0 Å². The number of rotatable bonds is 9. The van der Waals surface area contributed by atoms with Crippen molar-refractivity contribution < 1.29 is 14.5 Å². The third-order valence-corrected chi connectivity index (χ3v) is 5.04. The van der Waals surface area contributed by atoms with E-state index in [0.29, 0.717) is 13.0 Å². The van der Waals surface area contributed by atoms with Crippen molar-refractivity contribution >= 4 is 11.6 Å². The maximum Gasteiger partial charge on any atom is 0.269 e. The number of methoxy groups -OCH3 is 1. The topological polar surface area (TPSA) is 106 Å². The Hall–Kier alpha value is -2.97. The summed E-state index contributed by atoms with van der Waals surface area (Å²) >= 11 is 0. The summed E-state index contributed by atoms with van der Waals surface area (Å²) in [5.74, 6) is 0.816. The summed E-state index contributed by atoms with van der Waals surface area (Å²) in [6, 6.07) is 14.3. The average molecular weight is 398 g/mol. The zero-order valence-corrected chi connectivity index (χ0v) is 16.4. The van der Waals surface area contributed by atoms with Crippen LogP contribution < -0.4 is 20.7 Å². The molecule has 8 heteroatoms. The average Bonchev–Trinajstić information content (AvgIpc) is 3.22. The highest BCUT2D eigenvalue weighted by Crippen LogP contribution is 2.14. The Morgan fingerprint density at radius 2 is 2.03 bits per heavy atom. The molecule has 3 N–H and O–H groups in total. The molecule has 0 aliphatic carbocycles. The van der Waals surface area contributed by atoms with Gasteiger partial charge in [0.25, 0.3) is 5.69 Å². The summed E-state index contributed by atoms with van der Waals surface area (Å²) in [5.41, 5.74) is 2.16. The van der Waals surface area contributed by atoms with Crippen molar-refractivity contribution in [3.05, 3.63) is 69.8 Å². The van der Waals surface area contributed by atoms with E-state index in [1.807, 2.05) is 24.3 Å². The van der Waals surface area contributed by atoms with Crippen molar-refractivity contribution in [1.29, 1.82) is 0 Å². The molecule has 8 nitrogen and oxygen atoms in total. The van der Waals surface area contributed by atoms with Crippen LogP contribution in [-0.2, 0) is 17.8 Å². The van der Waals surface area contributed by atoms with E-state index in [4.69, 9.17) is 4.74 Å². The Bertz CT molecular complexity index is 841. The van der Waals surface area contributed by atoms with Gasteiger partial charge in [-0.1, -0.05) is 24.3 Å². The van der Waals surface area contributed by atoms with Crippen molar-refractivity contribution in [3.63, 3.8) is 0 Å². The van der Waals surface area contributed by atoms with Gasteiger partial charge in [0.2, 0.25) is 5.91 Å². The number of non-ortho nitro benzene ring substituents is 1. The van der Waals surface area contributed by atoms with Gasteiger partial charge in [-0.05, 0) is 36.1 Å². The van der Waals surface area contributed by atoms with Crippen LogP contribution in [0.4, 0.5) is 5.69 Å². The number of amides is 1. The summed E-state index contributed by atoms with van der Waals surface area (Å²) in [7, 11) is 1.65. The van der Waals surface area contributed by atoms with Gasteiger partial charge in [0.05, 0.1) is 18.1 Å². The zero-order valence-electron chi connectivity index (χ0n) is 16.4. The fourth-order valence-corrected chi connectivity index (χ4v) is 3.37. The lowest BCUT2D eigenvalue weighted by atomic mass is 10.1. The molecule has 1 aliphatic heterocycles. The summed E-state index contributed by atoms with van der Waals surface area (Å²) in [6.45, 7) is 1.96. The molecule has 2 aromatic rings. The van der Waals surface area contributed by atoms with Crippen molar-refractivity contribution in [2.75, 3.05) is 20.2 Å². The molecule has 0 bridgehead atoms. The van der Waals surface area contributed by atoms with Gasteiger partial charge in [0, 0.05) is 37.8 Å². The number of hydrogen-bond donors (Lipinski definition) is 3. The van der Waals surface area contributed by atoms with Crippen molar-refractivity contribution in [2.24, 2.45) is 0 Å². The van der Waals surface area contributed by atoms with Crippen molar-refractivity contribution in [2.45, 2.75) is 31.5 Å². The van der Waals surface area contributed by atoms with Gasteiger partial charge in [0.1, 0.15) is 5.75 Å². The minimum absolute atomic E-state index is 0.0161. The highest BCUT2D eigenvalue weighted by Gasteiger charge is 2.28. The Kier molecular flexibility index (Phi) is 7.15. The fourth-order valence-electron chi connectivity index (χ4n) is 3.37. The molecule has 0 saturated carbocycles. The first-order valence-corrected chi connectivity index (χ1v) is 9.66. The third kappa shape index (κ3) is 6.00. The van der Waals surface area contributed by atoms with E-state index in [1.165, 1.54) is 12.1 Å². The number of carbonyl (C=O) groups is 1. The molecule has 1 fully saturated rings. The van der Waals surface area contributed by atoms with Crippen LogP contribution in [0.1, 0.15) is 17.5 Å². The summed E-state index contributed by atoms with van der Waals surface area (Å²) in [6.07, 6.45) is 1.36. The molecule has 0 aromatic heterocycles. The number of carbonyl (C=O) groups excluding carboxylic acids is 1. The van der Waals surface area contributed by atoms with Gasteiger partial charge in [-0.15, -0.1) is 0 Å². The van der Waals surface area contributed by atoms with Crippen molar-refractivity contribution in [1.82, 2.24) is 16.0 Å². The van der Waals surface area contributed by atoms with Gasteiger partial charge >= 0.3 is 0 Å². The highest BCUT2D eigenvalue weighted by molar-refractivity contribution is 5.82. The molecule has 2 unspecified atom stereocenters.